The quantitative estimate of drug-likeness (QED) is 0.282. The topological polar surface area (TPSA) is 129 Å². The van der Waals surface area contributed by atoms with E-state index < -0.39 is 23.3 Å². The second-order valence-electron chi connectivity index (χ2n) is 10.4. The molecule has 0 spiro atoms. The Morgan fingerprint density at radius 2 is 1.82 bits per heavy atom. The number of halogens is 1. The molecule has 4 aromatic rings. The largest absolute Gasteiger partial charge is 0.378 e. The summed E-state index contributed by atoms with van der Waals surface area (Å²) >= 11 is 0. The van der Waals surface area contributed by atoms with Crippen molar-refractivity contribution in [3.63, 3.8) is 0 Å². The number of aromatic nitrogens is 2. The lowest BCUT2D eigenvalue weighted by atomic mass is 9.99. The predicted octanol–water partition coefficient (Wildman–Crippen LogP) is 3.58. The second kappa shape index (κ2) is 13.4. The van der Waals surface area contributed by atoms with Gasteiger partial charge in [0.05, 0.1) is 49.3 Å². The van der Waals surface area contributed by atoms with Crippen LogP contribution in [0.3, 0.4) is 0 Å². The van der Waals surface area contributed by atoms with Crippen molar-refractivity contribution in [2.75, 3.05) is 43.6 Å². The highest BCUT2D eigenvalue weighted by atomic mass is 19.1. The van der Waals surface area contributed by atoms with E-state index in [-0.39, 0.29) is 18.1 Å². The van der Waals surface area contributed by atoms with Gasteiger partial charge in [-0.15, -0.1) is 0 Å². The van der Waals surface area contributed by atoms with E-state index in [0.717, 1.165) is 5.69 Å². The molecule has 1 unspecified atom stereocenters. The van der Waals surface area contributed by atoms with Crippen molar-refractivity contribution >= 4 is 23.2 Å². The molecule has 0 saturated carbocycles. The molecule has 1 fully saturated rings. The molecule has 3 aromatic carbocycles. The first-order chi connectivity index (χ1) is 21.3. The number of ketones is 1. The molecule has 5 rings (SSSR count). The molecule has 0 aliphatic carbocycles. The summed E-state index contributed by atoms with van der Waals surface area (Å²) in [6.07, 6.45) is 1.48. The zero-order chi connectivity index (χ0) is 31.2. The van der Waals surface area contributed by atoms with Gasteiger partial charge in [-0.2, -0.15) is 5.26 Å². The maximum Gasteiger partial charge on any atom is 0.294 e. The normalized spacial score (nSPS) is 13.6. The fraction of sp³-hybridized carbons (Fsp3) is 0.242. The van der Waals surface area contributed by atoms with E-state index in [2.05, 4.69) is 26.6 Å². The van der Waals surface area contributed by atoms with Crippen molar-refractivity contribution in [2.24, 2.45) is 0 Å². The number of nitrogens with zero attached hydrogens (tertiary/aromatic N) is 4. The highest BCUT2D eigenvalue weighted by Gasteiger charge is 2.20. The molecule has 10 nitrogen and oxygen atoms in total. The highest BCUT2D eigenvalue weighted by Crippen LogP contribution is 2.26. The van der Waals surface area contributed by atoms with E-state index in [4.69, 9.17) is 4.74 Å². The van der Waals surface area contributed by atoms with Crippen molar-refractivity contribution < 1.29 is 18.7 Å². The van der Waals surface area contributed by atoms with E-state index in [1.54, 1.807) is 50.4 Å². The first-order valence-corrected chi connectivity index (χ1v) is 14.1. The number of hydrogen-bond donors (Lipinski definition) is 2. The summed E-state index contributed by atoms with van der Waals surface area (Å²) in [5.74, 6) is -1.31. The predicted molar refractivity (Wildman–Crippen MR) is 164 cm³/mol. The number of morpholine rings is 1. The van der Waals surface area contributed by atoms with Gasteiger partial charge in [0.15, 0.2) is 11.6 Å². The van der Waals surface area contributed by atoms with E-state index in [1.807, 2.05) is 6.07 Å². The third-order valence-corrected chi connectivity index (χ3v) is 7.47. The van der Waals surface area contributed by atoms with Gasteiger partial charge < -0.3 is 20.3 Å². The van der Waals surface area contributed by atoms with Gasteiger partial charge >= 0.3 is 0 Å². The molecule has 1 aromatic heterocycles. The van der Waals surface area contributed by atoms with E-state index >= 15 is 0 Å². The van der Waals surface area contributed by atoms with Crippen LogP contribution < -0.4 is 21.1 Å². The van der Waals surface area contributed by atoms with Crippen LogP contribution in [0.25, 0.3) is 11.3 Å². The minimum Gasteiger partial charge on any atom is -0.378 e. The number of rotatable bonds is 9. The molecule has 1 amide bonds. The average Bonchev–Trinajstić information content (AvgIpc) is 3.06. The Morgan fingerprint density at radius 1 is 1.07 bits per heavy atom. The smallest absolute Gasteiger partial charge is 0.294 e. The molecule has 11 heteroatoms. The third kappa shape index (κ3) is 6.72. The van der Waals surface area contributed by atoms with Crippen LogP contribution >= 0.6 is 0 Å². The Kier molecular flexibility index (Phi) is 9.23. The fourth-order valence-electron chi connectivity index (χ4n) is 4.92. The Balaban J connectivity index is 1.63. The fourth-order valence-corrected chi connectivity index (χ4v) is 4.92. The summed E-state index contributed by atoms with van der Waals surface area (Å²) < 4.78 is 20.6. The Labute approximate surface area is 253 Å². The van der Waals surface area contributed by atoms with Crippen LogP contribution in [-0.4, -0.2) is 60.6 Å². The standard InChI is InChI=1S/C33H31FN6O4/c1-21(36-2)32(42)38-31-33(43)40(29(19-37-31)25-5-3-4-22(14-25)18-35)20-23-15-26(30(41)24-6-8-27(34)9-7-24)17-28(16-23)39-10-12-44-13-11-39/h3-9,14-17,19,21,36H,10-13,20H2,1-2H3,(H,37,38,42). The summed E-state index contributed by atoms with van der Waals surface area (Å²) in [4.78, 5) is 46.5. The van der Waals surface area contributed by atoms with Crippen LogP contribution in [0.5, 0.6) is 0 Å². The number of amides is 1. The number of nitrogens with one attached hydrogen (secondary N) is 2. The number of carbonyl (C=O) groups excluding carboxylic acids is 2. The van der Waals surface area contributed by atoms with Gasteiger partial charge in [-0.25, -0.2) is 9.37 Å². The minimum atomic E-state index is -0.568. The summed E-state index contributed by atoms with van der Waals surface area (Å²) in [6.45, 7) is 3.99. The lowest BCUT2D eigenvalue weighted by molar-refractivity contribution is -0.117. The number of nitriles is 1. The monoisotopic (exact) mass is 594 g/mol. The Morgan fingerprint density at radius 3 is 2.52 bits per heavy atom. The van der Waals surface area contributed by atoms with Crippen molar-refractivity contribution in [3.8, 4) is 17.3 Å². The maximum absolute atomic E-state index is 13.9. The average molecular weight is 595 g/mol. The van der Waals surface area contributed by atoms with Crippen molar-refractivity contribution in [2.45, 2.75) is 19.5 Å². The number of anilines is 2. The van der Waals surface area contributed by atoms with Crippen LogP contribution in [0, 0.1) is 17.1 Å². The van der Waals surface area contributed by atoms with Crippen molar-refractivity contribution in [1.29, 1.82) is 5.26 Å². The van der Waals surface area contributed by atoms with Gasteiger partial charge in [0.1, 0.15) is 5.82 Å². The van der Waals surface area contributed by atoms with Crippen LogP contribution in [-0.2, 0) is 16.1 Å². The maximum atomic E-state index is 13.9. The lowest BCUT2D eigenvalue weighted by Crippen LogP contribution is -2.38. The van der Waals surface area contributed by atoms with Crippen molar-refractivity contribution in [1.82, 2.24) is 14.9 Å². The van der Waals surface area contributed by atoms with Crippen molar-refractivity contribution in [3.05, 3.63) is 111 Å². The number of benzene rings is 3. The number of carbonyl (C=O) groups is 2. The molecule has 44 heavy (non-hydrogen) atoms. The van der Waals surface area contributed by atoms with Gasteiger partial charge in [0, 0.05) is 35.5 Å². The van der Waals surface area contributed by atoms with Gasteiger partial charge in [0.25, 0.3) is 5.56 Å². The SMILES string of the molecule is CNC(C)C(=O)Nc1ncc(-c2cccc(C#N)c2)n(Cc2cc(C(=O)c3ccc(F)cc3)cc(N3CCOCC3)c2)c1=O. The summed E-state index contributed by atoms with van der Waals surface area (Å²) in [7, 11) is 1.63. The number of ether oxygens (including phenoxy) is 1. The first-order valence-electron chi connectivity index (χ1n) is 14.1. The number of hydrogen-bond acceptors (Lipinski definition) is 8. The van der Waals surface area contributed by atoms with Crippen LogP contribution in [0.15, 0.2) is 77.7 Å². The zero-order valence-electron chi connectivity index (χ0n) is 24.3. The summed E-state index contributed by atoms with van der Waals surface area (Å²) in [5.41, 5.74) is 3.00. The van der Waals surface area contributed by atoms with Crippen LogP contribution in [0.4, 0.5) is 15.9 Å². The first kappa shape index (κ1) is 30.3. The molecule has 1 atom stereocenters. The Bertz CT molecular complexity index is 1790. The molecule has 224 valence electrons. The third-order valence-electron chi connectivity index (χ3n) is 7.47. The van der Waals surface area contributed by atoms with Gasteiger partial charge in [0.2, 0.25) is 5.91 Å². The van der Waals surface area contributed by atoms with E-state index in [1.165, 1.54) is 35.0 Å². The molecule has 0 radical (unpaired) electrons. The van der Waals surface area contributed by atoms with Crippen LogP contribution in [0.1, 0.15) is 34.0 Å². The van der Waals surface area contributed by atoms with E-state index in [9.17, 15) is 24.0 Å². The van der Waals surface area contributed by atoms with Crippen LogP contribution in [0.2, 0.25) is 0 Å². The van der Waals surface area contributed by atoms with Gasteiger partial charge in [-0.1, -0.05) is 12.1 Å². The molecule has 2 N–H and O–H groups in total. The molecule has 1 aliphatic rings. The summed E-state index contributed by atoms with van der Waals surface area (Å²) in [5, 5.41) is 14.9. The molecular weight excluding hydrogens is 563 g/mol. The number of likely N-dealkylation sites (N-methyl/N-ethyl adjacent to an activating group) is 1. The lowest BCUT2D eigenvalue weighted by Gasteiger charge is -2.29. The highest BCUT2D eigenvalue weighted by molar-refractivity contribution is 6.09. The molecule has 1 aliphatic heterocycles. The second-order valence-corrected chi connectivity index (χ2v) is 10.4. The Hall–Kier alpha value is -5.18. The van der Waals surface area contributed by atoms with Gasteiger partial charge in [-0.3, -0.25) is 19.0 Å². The molecule has 0 bridgehead atoms. The zero-order valence-corrected chi connectivity index (χ0v) is 24.3. The van der Waals surface area contributed by atoms with Gasteiger partial charge in [-0.05, 0) is 74.1 Å². The summed E-state index contributed by atoms with van der Waals surface area (Å²) in [6, 6.07) is 19.1. The molecule has 1 saturated heterocycles. The van der Waals surface area contributed by atoms with E-state index in [0.29, 0.717) is 59.8 Å². The molecular formula is C33H31FN6O4. The minimum absolute atomic E-state index is 0.0276. The molecule has 2 heterocycles.